The smallest absolute Gasteiger partial charge is 0.428 e. The van der Waals surface area contributed by atoms with Crippen LogP contribution in [0.5, 0.6) is 0 Å². The van der Waals surface area contributed by atoms with Crippen molar-refractivity contribution < 1.29 is 17.9 Å². The maximum Gasteiger partial charge on any atom is 0.428 e. The van der Waals surface area contributed by atoms with E-state index in [9.17, 15) is 13.2 Å². The monoisotopic (exact) mass is 257 g/mol. The van der Waals surface area contributed by atoms with Crippen LogP contribution in [0.1, 0.15) is 13.8 Å². The SMILES string of the molecule is CC(C)OC(=O)N(c1ccccc1)S(C)(=O)=O. The second-order valence-electron chi connectivity index (χ2n) is 3.80. The Morgan fingerprint density at radius 2 is 1.76 bits per heavy atom. The number of carbonyl (C=O) groups excluding carboxylic acids is 1. The molecule has 0 N–H and O–H groups in total. The molecule has 17 heavy (non-hydrogen) atoms. The summed E-state index contributed by atoms with van der Waals surface area (Å²) in [5.74, 6) is 0. The number of carbonyl (C=O) groups is 1. The molecule has 0 atom stereocenters. The summed E-state index contributed by atoms with van der Waals surface area (Å²) >= 11 is 0. The molecule has 0 saturated carbocycles. The largest absolute Gasteiger partial charge is 0.446 e. The zero-order valence-electron chi connectivity index (χ0n) is 9.95. The van der Waals surface area contributed by atoms with Crippen molar-refractivity contribution in [2.45, 2.75) is 20.0 Å². The first-order valence-corrected chi connectivity index (χ1v) is 6.93. The first-order valence-electron chi connectivity index (χ1n) is 5.08. The van der Waals surface area contributed by atoms with E-state index in [-0.39, 0.29) is 11.8 Å². The summed E-state index contributed by atoms with van der Waals surface area (Å²) in [6.07, 6.45) is -0.314. The van der Waals surface area contributed by atoms with Crippen LogP contribution in [0.4, 0.5) is 10.5 Å². The third kappa shape index (κ3) is 3.74. The van der Waals surface area contributed by atoms with Crippen LogP contribution in [0.25, 0.3) is 0 Å². The molecule has 0 radical (unpaired) electrons. The van der Waals surface area contributed by atoms with Gasteiger partial charge in [0.1, 0.15) is 0 Å². The first-order chi connectivity index (χ1) is 7.82. The highest BCUT2D eigenvalue weighted by molar-refractivity contribution is 7.92. The maximum absolute atomic E-state index is 11.7. The molecule has 0 heterocycles. The summed E-state index contributed by atoms with van der Waals surface area (Å²) in [6.45, 7) is 3.31. The lowest BCUT2D eigenvalue weighted by Crippen LogP contribution is -2.37. The quantitative estimate of drug-likeness (QED) is 0.830. The van der Waals surface area contributed by atoms with Gasteiger partial charge in [-0.2, -0.15) is 4.31 Å². The van der Waals surface area contributed by atoms with Gasteiger partial charge in [-0.05, 0) is 26.0 Å². The zero-order chi connectivity index (χ0) is 13.1. The van der Waals surface area contributed by atoms with Crippen LogP contribution in [0.15, 0.2) is 30.3 Å². The maximum atomic E-state index is 11.7. The number of para-hydroxylation sites is 1. The predicted molar refractivity (Wildman–Crippen MR) is 65.4 cm³/mol. The fraction of sp³-hybridized carbons (Fsp3) is 0.364. The van der Waals surface area contributed by atoms with E-state index >= 15 is 0 Å². The minimum absolute atomic E-state index is 0.264. The van der Waals surface area contributed by atoms with Crippen molar-refractivity contribution in [2.24, 2.45) is 0 Å². The van der Waals surface area contributed by atoms with Gasteiger partial charge in [-0.3, -0.25) is 0 Å². The number of ether oxygens (including phenoxy) is 1. The van der Waals surface area contributed by atoms with Crippen LogP contribution in [-0.4, -0.2) is 26.9 Å². The summed E-state index contributed by atoms with van der Waals surface area (Å²) in [7, 11) is -3.70. The molecule has 1 rings (SSSR count). The third-order valence-electron chi connectivity index (χ3n) is 1.82. The van der Waals surface area contributed by atoms with E-state index in [2.05, 4.69) is 0 Å². The lowest BCUT2D eigenvalue weighted by Gasteiger charge is -2.20. The fourth-order valence-corrected chi connectivity index (χ4v) is 2.06. The van der Waals surface area contributed by atoms with E-state index in [0.29, 0.717) is 4.31 Å². The second-order valence-corrected chi connectivity index (χ2v) is 5.63. The van der Waals surface area contributed by atoms with Crippen molar-refractivity contribution in [1.29, 1.82) is 0 Å². The first kappa shape index (κ1) is 13.5. The van der Waals surface area contributed by atoms with Crippen LogP contribution in [-0.2, 0) is 14.8 Å². The number of sulfonamides is 1. The predicted octanol–water partition coefficient (Wildman–Crippen LogP) is 2.00. The van der Waals surface area contributed by atoms with E-state index in [0.717, 1.165) is 6.26 Å². The Bertz CT molecular complexity index is 481. The molecule has 94 valence electrons. The molecule has 6 heteroatoms. The molecule has 0 spiro atoms. The molecule has 0 saturated heterocycles. The van der Waals surface area contributed by atoms with Crippen molar-refractivity contribution in [3.05, 3.63) is 30.3 Å². The van der Waals surface area contributed by atoms with Gasteiger partial charge in [-0.15, -0.1) is 0 Å². The fourth-order valence-electron chi connectivity index (χ4n) is 1.25. The highest BCUT2D eigenvalue weighted by Crippen LogP contribution is 2.18. The topological polar surface area (TPSA) is 63.7 Å². The van der Waals surface area contributed by atoms with Crippen LogP contribution >= 0.6 is 0 Å². The summed E-state index contributed by atoms with van der Waals surface area (Å²) in [5.41, 5.74) is 0.264. The number of hydrogen-bond acceptors (Lipinski definition) is 4. The highest BCUT2D eigenvalue weighted by atomic mass is 32.2. The third-order valence-corrected chi connectivity index (χ3v) is 2.85. The summed E-state index contributed by atoms with van der Waals surface area (Å²) < 4.78 is 28.7. The van der Waals surface area contributed by atoms with E-state index in [1.54, 1.807) is 32.0 Å². The van der Waals surface area contributed by atoms with Gasteiger partial charge < -0.3 is 4.74 Å². The Morgan fingerprint density at radius 1 is 1.24 bits per heavy atom. The minimum atomic E-state index is -3.70. The molecular formula is C11H15NO4S. The van der Waals surface area contributed by atoms with Gasteiger partial charge in [0.2, 0.25) is 10.0 Å². The molecule has 0 aliphatic heterocycles. The van der Waals surface area contributed by atoms with Gasteiger partial charge in [0.25, 0.3) is 0 Å². The number of benzene rings is 1. The Hall–Kier alpha value is -1.56. The Morgan fingerprint density at radius 3 is 2.18 bits per heavy atom. The molecule has 1 aromatic rings. The zero-order valence-corrected chi connectivity index (χ0v) is 10.8. The van der Waals surface area contributed by atoms with Gasteiger partial charge in [-0.1, -0.05) is 18.2 Å². The summed E-state index contributed by atoms with van der Waals surface area (Å²) in [6, 6.07) is 8.09. The lowest BCUT2D eigenvalue weighted by atomic mass is 10.3. The Labute approximate surface area is 101 Å². The minimum Gasteiger partial charge on any atom is -0.446 e. The molecule has 0 unspecified atom stereocenters. The van der Waals surface area contributed by atoms with Gasteiger partial charge in [0.15, 0.2) is 0 Å². The number of rotatable bonds is 3. The average Bonchev–Trinajstić information content (AvgIpc) is 2.15. The van der Waals surface area contributed by atoms with Crippen LogP contribution in [0.3, 0.4) is 0 Å². The summed E-state index contributed by atoms with van der Waals surface area (Å²) in [5, 5.41) is 0. The Balaban J connectivity index is 3.11. The second kappa shape index (κ2) is 5.18. The summed E-state index contributed by atoms with van der Waals surface area (Å²) in [4.78, 5) is 11.7. The van der Waals surface area contributed by atoms with Crippen molar-refractivity contribution >= 4 is 21.8 Å². The van der Waals surface area contributed by atoms with Crippen LogP contribution in [0.2, 0.25) is 0 Å². The van der Waals surface area contributed by atoms with Crippen LogP contribution in [0, 0.1) is 0 Å². The van der Waals surface area contributed by atoms with Crippen molar-refractivity contribution in [2.75, 3.05) is 10.6 Å². The van der Waals surface area contributed by atoms with Gasteiger partial charge in [0, 0.05) is 0 Å². The molecule has 0 bridgehead atoms. The van der Waals surface area contributed by atoms with Crippen molar-refractivity contribution in [1.82, 2.24) is 0 Å². The lowest BCUT2D eigenvalue weighted by molar-refractivity contribution is 0.126. The number of anilines is 1. The molecule has 0 aliphatic rings. The Kier molecular flexibility index (Phi) is 4.11. The van der Waals surface area contributed by atoms with E-state index in [1.807, 2.05) is 0 Å². The number of nitrogens with zero attached hydrogens (tertiary/aromatic N) is 1. The molecular weight excluding hydrogens is 242 g/mol. The standard InChI is InChI=1S/C11H15NO4S/c1-9(2)16-11(13)12(17(3,14)15)10-7-5-4-6-8-10/h4-9H,1-3H3. The van der Waals surface area contributed by atoms with E-state index in [4.69, 9.17) is 4.74 Å². The van der Waals surface area contributed by atoms with Gasteiger partial charge in [-0.25, -0.2) is 13.2 Å². The van der Waals surface area contributed by atoms with Crippen LogP contribution < -0.4 is 4.31 Å². The molecule has 0 fully saturated rings. The highest BCUT2D eigenvalue weighted by Gasteiger charge is 2.27. The number of hydrogen-bond donors (Lipinski definition) is 0. The average molecular weight is 257 g/mol. The van der Waals surface area contributed by atoms with E-state index in [1.165, 1.54) is 12.1 Å². The molecule has 5 nitrogen and oxygen atoms in total. The van der Waals surface area contributed by atoms with Gasteiger partial charge in [0.05, 0.1) is 18.0 Å². The molecule has 1 aromatic carbocycles. The molecule has 0 aromatic heterocycles. The van der Waals surface area contributed by atoms with Gasteiger partial charge >= 0.3 is 6.09 Å². The number of amides is 1. The van der Waals surface area contributed by atoms with E-state index < -0.39 is 16.1 Å². The molecule has 0 aliphatic carbocycles. The normalized spacial score (nSPS) is 11.3. The van der Waals surface area contributed by atoms with Crippen molar-refractivity contribution in [3.63, 3.8) is 0 Å². The molecule has 1 amide bonds. The van der Waals surface area contributed by atoms with Crippen molar-refractivity contribution in [3.8, 4) is 0 Å².